The zero-order chi connectivity index (χ0) is 7.40. The minimum Gasteiger partial charge on any atom is -0.315 e. The summed E-state index contributed by atoms with van der Waals surface area (Å²) in [6.07, 6.45) is 1.34. The second-order valence-corrected chi connectivity index (χ2v) is 2.87. The van der Waals surface area contributed by atoms with E-state index in [1.165, 1.54) is 32.6 Å². The van der Waals surface area contributed by atoms with Crippen LogP contribution >= 0.6 is 12.4 Å². The van der Waals surface area contributed by atoms with Crippen LogP contribution in [-0.4, -0.2) is 37.1 Å². The molecule has 0 aliphatic carbocycles. The summed E-state index contributed by atoms with van der Waals surface area (Å²) in [5.74, 6) is 0. The molecule has 1 unspecified atom stereocenters. The summed E-state index contributed by atoms with van der Waals surface area (Å²) in [5.41, 5.74) is 0. The predicted octanol–water partition coefficient (Wildman–Crippen LogP) is 1.11. The van der Waals surface area contributed by atoms with Crippen molar-refractivity contribution >= 4 is 12.4 Å². The molecule has 1 N–H and O–H groups in total. The topological polar surface area (TPSA) is 15.3 Å². The number of rotatable bonds is 3. The third-order valence-corrected chi connectivity index (χ3v) is 2.36. The van der Waals surface area contributed by atoms with E-state index in [1.54, 1.807) is 0 Å². The molecule has 0 aromatic carbocycles. The summed E-state index contributed by atoms with van der Waals surface area (Å²) in [4.78, 5) is 2.53. The summed E-state index contributed by atoms with van der Waals surface area (Å²) in [5, 5.41) is 3.38. The number of hydrogen-bond acceptors (Lipinski definition) is 2. The van der Waals surface area contributed by atoms with Crippen LogP contribution in [0.2, 0.25) is 0 Å². The van der Waals surface area contributed by atoms with Gasteiger partial charge in [-0.15, -0.1) is 12.4 Å². The lowest BCUT2D eigenvalue weighted by molar-refractivity contribution is 0.231. The van der Waals surface area contributed by atoms with E-state index in [0.717, 1.165) is 6.04 Å². The Kier molecular flexibility index (Phi) is 5.92. The van der Waals surface area contributed by atoms with E-state index in [1.807, 2.05) is 0 Å². The molecule has 0 bridgehead atoms. The summed E-state index contributed by atoms with van der Waals surface area (Å²) < 4.78 is 0. The van der Waals surface area contributed by atoms with Crippen LogP contribution in [-0.2, 0) is 0 Å². The quantitative estimate of drug-likeness (QED) is 0.697. The highest BCUT2D eigenvalue weighted by molar-refractivity contribution is 5.85. The van der Waals surface area contributed by atoms with Crippen LogP contribution in [0.3, 0.4) is 0 Å². The van der Waals surface area contributed by atoms with Crippen LogP contribution in [0, 0.1) is 0 Å². The average molecular weight is 179 g/mol. The third kappa shape index (κ3) is 2.97. The summed E-state index contributed by atoms with van der Waals surface area (Å²) in [6.45, 7) is 9.28. The zero-order valence-corrected chi connectivity index (χ0v) is 8.28. The fourth-order valence-corrected chi connectivity index (χ4v) is 1.69. The first kappa shape index (κ1) is 11.2. The number of likely N-dealkylation sites (N-methyl/N-ethyl adjacent to an activating group) is 1. The molecule has 3 heteroatoms. The monoisotopic (exact) mass is 178 g/mol. The van der Waals surface area contributed by atoms with Crippen LogP contribution < -0.4 is 5.32 Å². The van der Waals surface area contributed by atoms with Gasteiger partial charge in [0.15, 0.2) is 0 Å². The van der Waals surface area contributed by atoms with Crippen LogP contribution in [0.1, 0.15) is 20.3 Å². The molecule has 1 fully saturated rings. The van der Waals surface area contributed by atoms with Crippen LogP contribution in [0.5, 0.6) is 0 Å². The number of nitrogens with one attached hydrogen (secondary N) is 1. The Morgan fingerprint density at radius 3 is 2.36 bits per heavy atom. The molecule has 2 nitrogen and oxygen atoms in total. The Labute approximate surface area is 75.8 Å². The van der Waals surface area contributed by atoms with Crippen molar-refractivity contribution in [2.75, 3.05) is 26.2 Å². The van der Waals surface area contributed by atoms with Gasteiger partial charge in [0.05, 0.1) is 0 Å². The van der Waals surface area contributed by atoms with E-state index in [2.05, 4.69) is 24.1 Å². The molecule has 0 radical (unpaired) electrons. The average Bonchev–Trinajstić information content (AvgIpc) is 2.43. The molecule has 0 aromatic heterocycles. The highest BCUT2D eigenvalue weighted by Gasteiger charge is 2.18. The molecule has 1 aliphatic rings. The van der Waals surface area contributed by atoms with Gasteiger partial charge in [0, 0.05) is 12.6 Å². The Morgan fingerprint density at radius 1 is 1.36 bits per heavy atom. The van der Waals surface area contributed by atoms with Gasteiger partial charge in [0.2, 0.25) is 0 Å². The molecule has 0 saturated carbocycles. The number of halogens is 1. The van der Waals surface area contributed by atoms with Crippen molar-refractivity contribution in [2.24, 2.45) is 0 Å². The highest BCUT2D eigenvalue weighted by Crippen LogP contribution is 2.06. The van der Waals surface area contributed by atoms with Gasteiger partial charge >= 0.3 is 0 Å². The lowest BCUT2D eigenvalue weighted by Gasteiger charge is -2.24. The van der Waals surface area contributed by atoms with E-state index >= 15 is 0 Å². The summed E-state index contributed by atoms with van der Waals surface area (Å²) in [7, 11) is 0. The van der Waals surface area contributed by atoms with Crippen molar-refractivity contribution in [3.63, 3.8) is 0 Å². The van der Waals surface area contributed by atoms with Crippen LogP contribution in [0.4, 0.5) is 0 Å². The maximum absolute atomic E-state index is 3.38. The molecule has 1 aliphatic heterocycles. The minimum absolute atomic E-state index is 0. The fourth-order valence-electron chi connectivity index (χ4n) is 1.69. The van der Waals surface area contributed by atoms with Gasteiger partial charge in [0.1, 0.15) is 0 Å². The predicted molar refractivity (Wildman–Crippen MR) is 51.4 cm³/mol. The molecular formula is C8H19ClN2. The van der Waals surface area contributed by atoms with Gasteiger partial charge < -0.3 is 5.32 Å². The standard InChI is InChI=1S/C8H18N2.ClH/c1-3-10(4-2)8-5-6-9-7-8;/h8-9H,3-7H2,1-2H3;1H. The Balaban J connectivity index is 0.000001000. The Hall–Kier alpha value is 0.210. The number of hydrogen-bond donors (Lipinski definition) is 1. The second-order valence-electron chi connectivity index (χ2n) is 2.87. The first-order valence-corrected chi connectivity index (χ1v) is 4.33. The molecule has 0 spiro atoms. The molecular weight excluding hydrogens is 160 g/mol. The maximum Gasteiger partial charge on any atom is 0.0232 e. The van der Waals surface area contributed by atoms with E-state index in [-0.39, 0.29) is 12.4 Å². The van der Waals surface area contributed by atoms with Crippen molar-refractivity contribution in [3.05, 3.63) is 0 Å². The lowest BCUT2D eigenvalue weighted by atomic mass is 10.2. The Morgan fingerprint density at radius 2 is 2.00 bits per heavy atom. The van der Waals surface area contributed by atoms with E-state index < -0.39 is 0 Å². The van der Waals surface area contributed by atoms with Gasteiger partial charge in [-0.1, -0.05) is 13.8 Å². The second kappa shape index (κ2) is 5.81. The molecule has 0 amide bonds. The summed E-state index contributed by atoms with van der Waals surface area (Å²) >= 11 is 0. The fraction of sp³-hybridized carbons (Fsp3) is 1.00. The first-order chi connectivity index (χ1) is 4.88. The smallest absolute Gasteiger partial charge is 0.0232 e. The van der Waals surface area contributed by atoms with Crippen molar-refractivity contribution < 1.29 is 0 Å². The summed E-state index contributed by atoms with van der Waals surface area (Å²) in [6, 6.07) is 0.815. The largest absolute Gasteiger partial charge is 0.315 e. The third-order valence-electron chi connectivity index (χ3n) is 2.36. The van der Waals surface area contributed by atoms with Crippen LogP contribution in [0.15, 0.2) is 0 Å². The van der Waals surface area contributed by atoms with E-state index in [9.17, 15) is 0 Å². The van der Waals surface area contributed by atoms with Crippen LogP contribution in [0.25, 0.3) is 0 Å². The van der Waals surface area contributed by atoms with Crippen molar-refractivity contribution in [2.45, 2.75) is 26.3 Å². The van der Waals surface area contributed by atoms with E-state index in [4.69, 9.17) is 0 Å². The van der Waals surface area contributed by atoms with Crippen molar-refractivity contribution in [3.8, 4) is 0 Å². The zero-order valence-electron chi connectivity index (χ0n) is 7.47. The normalized spacial score (nSPS) is 23.7. The number of nitrogens with zero attached hydrogens (tertiary/aromatic N) is 1. The van der Waals surface area contributed by atoms with Gasteiger partial charge in [-0.25, -0.2) is 0 Å². The molecule has 11 heavy (non-hydrogen) atoms. The first-order valence-electron chi connectivity index (χ1n) is 4.33. The van der Waals surface area contributed by atoms with Crippen molar-refractivity contribution in [1.29, 1.82) is 0 Å². The molecule has 1 atom stereocenters. The SMILES string of the molecule is CCN(CC)C1CCNC1.Cl. The van der Waals surface area contributed by atoms with Gasteiger partial charge in [-0.3, -0.25) is 4.90 Å². The lowest BCUT2D eigenvalue weighted by Crippen LogP contribution is -2.36. The Bertz CT molecular complexity index is 88.1. The molecule has 1 rings (SSSR count). The highest BCUT2D eigenvalue weighted by atomic mass is 35.5. The maximum atomic E-state index is 3.38. The van der Waals surface area contributed by atoms with E-state index in [0.29, 0.717) is 0 Å². The minimum atomic E-state index is 0. The molecule has 1 heterocycles. The molecule has 0 aromatic rings. The van der Waals surface area contributed by atoms with Gasteiger partial charge in [-0.2, -0.15) is 0 Å². The van der Waals surface area contributed by atoms with Crippen molar-refractivity contribution in [1.82, 2.24) is 10.2 Å². The molecule has 1 saturated heterocycles. The molecule has 68 valence electrons. The van der Waals surface area contributed by atoms with Gasteiger partial charge in [0.25, 0.3) is 0 Å². The van der Waals surface area contributed by atoms with Gasteiger partial charge in [-0.05, 0) is 26.1 Å².